The normalized spacial score (nSPS) is 14.8. The topological polar surface area (TPSA) is 138 Å². The molecule has 0 aromatic heterocycles. The average Bonchev–Trinajstić information content (AvgIpc) is 2.46. The molecule has 0 bridgehead atoms. The second kappa shape index (κ2) is 9.42. The van der Waals surface area contributed by atoms with E-state index in [4.69, 9.17) is 30.6 Å². The number of hydrogen-bond donors (Lipinski definition) is 6. The zero-order valence-electron chi connectivity index (χ0n) is 10.1. The molecule has 0 spiro atoms. The van der Waals surface area contributed by atoms with Crippen molar-refractivity contribution >= 4 is 5.97 Å². The molecule has 1 rings (SSSR count). The van der Waals surface area contributed by atoms with Gasteiger partial charge in [0.15, 0.2) is 0 Å². The first-order valence-corrected chi connectivity index (χ1v) is 5.48. The van der Waals surface area contributed by atoms with Crippen LogP contribution in [-0.2, 0) is 0 Å². The summed E-state index contributed by atoms with van der Waals surface area (Å²) in [4.78, 5) is 10.2. The minimum absolute atomic E-state index is 0.331. The Morgan fingerprint density at radius 3 is 1.63 bits per heavy atom. The van der Waals surface area contributed by atoms with E-state index < -0.39 is 37.5 Å². The number of aliphatic hydroxyl groups is 5. The van der Waals surface area contributed by atoms with Gasteiger partial charge in [-0.15, -0.1) is 0 Å². The standard InChI is InChI=1S/C7H6O2.C5H12O5/c8-7(9)6-4-2-1-3-5-6;6-1-3(8)5(10)4(9)2-7/h1-5H,(H,8,9);3-10H,1-2H2. The van der Waals surface area contributed by atoms with Crippen molar-refractivity contribution < 1.29 is 35.4 Å². The molecule has 19 heavy (non-hydrogen) atoms. The summed E-state index contributed by atoms with van der Waals surface area (Å²) in [6, 6.07) is 8.30. The van der Waals surface area contributed by atoms with Crippen LogP contribution < -0.4 is 0 Å². The predicted molar refractivity (Wildman–Crippen MR) is 65.6 cm³/mol. The minimum Gasteiger partial charge on any atom is -0.478 e. The van der Waals surface area contributed by atoms with Gasteiger partial charge in [0.05, 0.1) is 18.8 Å². The lowest BCUT2D eigenvalue weighted by atomic mass is 10.1. The first-order chi connectivity index (χ1) is 8.93. The van der Waals surface area contributed by atoms with Crippen molar-refractivity contribution in [2.75, 3.05) is 13.2 Å². The fourth-order valence-electron chi connectivity index (χ4n) is 1.05. The quantitative estimate of drug-likeness (QED) is 0.381. The van der Waals surface area contributed by atoms with Crippen LogP contribution in [0, 0.1) is 0 Å². The van der Waals surface area contributed by atoms with Crippen LogP contribution in [0.25, 0.3) is 0 Å². The highest BCUT2D eigenvalue weighted by atomic mass is 16.4. The lowest BCUT2D eigenvalue weighted by molar-refractivity contribution is -0.0900. The fraction of sp³-hybridized carbons (Fsp3) is 0.417. The highest BCUT2D eigenvalue weighted by Crippen LogP contribution is 1.98. The number of carbonyl (C=O) groups is 1. The highest BCUT2D eigenvalue weighted by Gasteiger charge is 2.22. The van der Waals surface area contributed by atoms with E-state index in [9.17, 15) is 4.79 Å². The molecule has 0 amide bonds. The van der Waals surface area contributed by atoms with Crippen LogP contribution in [0.2, 0.25) is 0 Å². The van der Waals surface area contributed by atoms with Gasteiger partial charge in [-0.05, 0) is 12.1 Å². The van der Waals surface area contributed by atoms with Crippen molar-refractivity contribution in [3.05, 3.63) is 35.9 Å². The number of aromatic carboxylic acids is 1. The molecule has 0 heterocycles. The number of aliphatic hydroxyl groups excluding tert-OH is 5. The van der Waals surface area contributed by atoms with Crippen LogP contribution in [0.5, 0.6) is 0 Å². The van der Waals surface area contributed by atoms with Crippen molar-refractivity contribution in [3.63, 3.8) is 0 Å². The molecule has 0 saturated carbocycles. The van der Waals surface area contributed by atoms with Crippen LogP contribution in [0.1, 0.15) is 10.4 Å². The number of carboxylic acid groups (broad SMARTS) is 1. The third kappa shape index (κ3) is 6.85. The molecule has 7 nitrogen and oxygen atoms in total. The number of rotatable bonds is 5. The van der Waals surface area contributed by atoms with Crippen LogP contribution >= 0.6 is 0 Å². The van der Waals surface area contributed by atoms with Gasteiger partial charge in [-0.25, -0.2) is 4.79 Å². The van der Waals surface area contributed by atoms with E-state index in [2.05, 4.69) is 0 Å². The summed E-state index contributed by atoms with van der Waals surface area (Å²) >= 11 is 0. The fourth-order valence-corrected chi connectivity index (χ4v) is 1.05. The molecule has 108 valence electrons. The molecule has 0 aliphatic rings. The Kier molecular flexibility index (Phi) is 8.68. The van der Waals surface area contributed by atoms with Crippen molar-refractivity contribution in [2.45, 2.75) is 18.3 Å². The smallest absolute Gasteiger partial charge is 0.335 e. The first-order valence-electron chi connectivity index (χ1n) is 5.48. The summed E-state index contributed by atoms with van der Waals surface area (Å²) in [6.45, 7) is -1.28. The van der Waals surface area contributed by atoms with Crippen LogP contribution in [0.3, 0.4) is 0 Å². The molecule has 0 aliphatic carbocycles. The first kappa shape index (κ1) is 17.5. The molecule has 1 aromatic rings. The van der Waals surface area contributed by atoms with Crippen LogP contribution in [0.4, 0.5) is 0 Å². The van der Waals surface area contributed by atoms with E-state index in [1.807, 2.05) is 0 Å². The van der Waals surface area contributed by atoms with Crippen molar-refractivity contribution in [2.24, 2.45) is 0 Å². The van der Waals surface area contributed by atoms with E-state index >= 15 is 0 Å². The molecule has 0 fully saturated rings. The SMILES string of the molecule is O=C(O)c1ccccc1.OCC(O)C(O)C(O)CO. The van der Waals surface area contributed by atoms with E-state index in [1.165, 1.54) is 0 Å². The second-order valence-electron chi connectivity index (χ2n) is 3.66. The van der Waals surface area contributed by atoms with E-state index in [0.717, 1.165) is 0 Å². The highest BCUT2D eigenvalue weighted by molar-refractivity contribution is 5.87. The van der Waals surface area contributed by atoms with Gasteiger partial charge in [-0.3, -0.25) is 0 Å². The largest absolute Gasteiger partial charge is 0.478 e. The summed E-state index contributed by atoms with van der Waals surface area (Å²) in [7, 11) is 0. The maximum absolute atomic E-state index is 10.2. The molecule has 0 aliphatic heterocycles. The molecule has 2 atom stereocenters. The third-order valence-corrected chi connectivity index (χ3v) is 2.18. The summed E-state index contributed by atoms with van der Waals surface area (Å²) in [6.07, 6.45) is -4.29. The number of hydrogen-bond acceptors (Lipinski definition) is 6. The molecule has 0 saturated heterocycles. The van der Waals surface area contributed by atoms with E-state index in [1.54, 1.807) is 30.3 Å². The molecule has 0 radical (unpaired) electrons. The van der Waals surface area contributed by atoms with Crippen molar-refractivity contribution in [1.29, 1.82) is 0 Å². The Balaban J connectivity index is 0.000000342. The summed E-state index contributed by atoms with van der Waals surface area (Å²) in [5.41, 5.74) is 0.331. The zero-order valence-corrected chi connectivity index (χ0v) is 10.1. The van der Waals surface area contributed by atoms with Crippen molar-refractivity contribution in [1.82, 2.24) is 0 Å². The Bertz CT molecular complexity index is 344. The molecule has 1 aromatic carbocycles. The molecular weight excluding hydrogens is 256 g/mol. The Morgan fingerprint density at radius 2 is 1.37 bits per heavy atom. The van der Waals surface area contributed by atoms with Gasteiger partial charge >= 0.3 is 5.97 Å². The van der Waals surface area contributed by atoms with Gasteiger partial charge in [-0.1, -0.05) is 18.2 Å². The Hall–Kier alpha value is -1.51. The van der Waals surface area contributed by atoms with Gasteiger partial charge in [0.25, 0.3) is 0 Å². The Labute approximate surface area is 110 Å². The van der Waals surface area contributed by atoms with E-state index in [-0.39, 0.29) is 0 Å². The van der Waals surface area contributed by atoms with Gasteiger partial charge in [-0.2, -0.15) is 0 Å². The summed E-state index contributed by atoms with van der Waals surface area (Å²) in [5, 5.41) is 51.0. The predicted octanol–water partition coefficient (Wildman–Crippen LogP) is -1.56. The van der Waals surface area contributed by atoms with Gasteiger partial charge in [0, 0.05) is 0 Å². The number of benzene rings is 1. The molecule has 7 heteroatoms. The third-order valence-electron chi connectivity index (χ3n) is 2.18. The number of carboxylic acids is 1. The van der Waals surface area contributed by atoms with Crippen LogP contribution in [-0.4, -0.2) is 68.1 Å². The Morgan fingerprint density at radius 1 is 0.947 bits per heavy atom. The molecule has 2 unspecified atom stereocenters. The van der Waals surface area contributed by atoms with Gasteiger partial charge in [0.2, 0.25) is 0 Å². The monoisotopic (exact) mass is 274 g/mol. The van der Waals surface area contributed by atoms with Crippen LogP contribution in [0.15, 0.2) is 30.3 Å². The minimum atomic E-state index is -1.49. The maximum Gasteiger partial charge on any atom is 0.335 e. The van der Waals surface area contributed by atoms with E-state index in [0.29, 0.717) is 5.56 Å². The second-order valence-corrected chi connectivity index (χ2v) is 3.66. The maximum atomic E-state index is 10.2. The average molecular weight is 274 g/mol. The lowest BCUT2D eigenvalue weighted by Gasteiger charge is -2.19. The summed E-state index contributed by atoms with van der Waals surface area (Å²) in [5.74, 6) is -0.879. The summed E-state index contributed by atoms with van der Waals surface area (Å²) < 4.78 is 0. The molecule has 6 N–H and O–H groups in total. The zero-order chi connectivity index (χ0) is 14.8. The van der Waals surface area contributed by atoms with Gasteiger partial charge < -0.3 is 30.6 Å². The lowest BCUT2D eigenvalue weighted by Crippen LogP contribution is -2.41. The molecular formula is C12H18O7. The van der Waals surface area contributed by atoms with Gasteiger partial charge in [0.1, 0.15) is 18.3 Å². The van der Waals surface area contributed by atoms with Crippen molar-refractivity contribution in [3.8, 4) is 0 Å².